The number of ether oxygens (including phenoxy) is 2. The number of amides is 2. The molecule has 1 fully saturated rings. The van der Waals surface area contributed by atoms with Gasteiger partial charge in [-0.05, 0) is 70.0 Å². The first-order valence-corrected chi connectivity index (χ1v) is 12.1. The number of rotatable bonds is 6. The molecule has 4 rings (SSSR count). The topological polar surface area (TPSA) is 98.6 Å². The van der Waals surface area contributed by atoms with Crippen LogP contribution in [0.3, 0.4) is 0 Å². The van der Waals surface area contributed by atoms with Crippen LogP contribution in [-0.4, -0.2) is 57.5 Å². The third kappa shape index (κ3) is 6.02. The van der Waals surface area contributed by atoms with E-state index in [-0.39, 0.29) is 17.9 Å². The number of likely N-dealkylation sites (tertiary alicyclic amines) is 1. The third-order valence-electron chi connectivity index (χ3n) is 6.06. The summed E-state index contributed by atoms with van der Waals surface area (Å²) < 4.78 is 12.7. The number of carbonyl (C=O) groups is 2. The summed E-state index contributed by atoms with van der Waals surface area (Å²) in [5, 5.41) is 7.56. The van der Waals surface area contributed by atoms with Gasteiger partial charge in [0, 0.05) is 25.2 Å². The molecule has 0 bridgehead atoms. The molecule has 0 aliphatic carbocycles. The maximum atomic E-state index is 13.3. The Hall–Kier alpha value is -3.88. The molecule has 2 amide bonds. The zero-order valence-corrected chi connectivity index (χ0v) is 21.2. The third-order valence-corrected chi connectivity index (χ3v) is 6.06. The summed E-state index contributed by atoms with van der Waals surface area (Å²) in [6, 6.07) is 13.2. The number of methoxy groups -OCH3 is 1. The van der Waals surface area contributed by atoms with Crippen molar-refractivity contribution >= 4 is 12.0 Å². The van der Waals surface area contributed by atoms with Gasteiger partial charge in [0.2, 0.25) is 0 Å². The van der Waals surface area contributed by atoms with Crippen molar-refractivity contribution < 1.29 is 19.1 Å². The molecule has 190 valence electrons. The number of nitrogens with one attached hydrogen (secondary N) is 1. The van der Waals surface area contributed by atoms with Gasteiger partial charge in [0.1, 0.15) is 11.4 Å². The summed E-state index contributed by atoms with van der Waals surface area (Å²) in [6.45, 7) is 7.00. The molecule has 1 aliphatic rings. The quantitative estimate of drug-likeness (QED) is 0.551. The van der Waals surface area contributed by atoms with Gasteiger partial charge in [-0.1, -0.05) is 6.07 Å². The lowest BCUT2D eigenvalue weighted by molar-refractivity contribution is 0.0203. The second-order valence-electron chi connectivity index (χ2n) is 9.80. The fourth-order valence-corrected chi connectivity index (χ4v) is 4.29. The summed E-state index contributed by atoms with van der Waals surface area (Å²) in [6.07, 6.45) is 4.40. The Kier molecular flexibility index (Phi) is 7.57. The number of carbonyl (C=O) groups excluding carboxylic acids is 2. The Labute approximate surface area is 211 Å². The number of hydrogen-bond acceptors (Lipinski definition) is 6. The van der Waals surface area contributed by atoms with Crippen molar-refractivity contribution in [3.05, 3.63) is 71.8 Å². The predicted octanol–water partition coefficient (Wildman–Crippen LogP) is 4.32. The first-order chi connectivity index (χ1) is 17.2. The van der Waals surface area contributed by atoms with Gasteiger partial charge in [0.15, 0.2) is 0 Å². The highest BCUT2D eigenvalue weighted by Gasteiger charge is 2.32. The van der Waals surface area contributed by atoms with Crippen molar-refractivity contribution in [2.24, 2.45) is 0 Å². The summed E-state index contributed by atoms with van der Waals surface area (Å²) in [7, 11) is 1.62. The standard InChI is InChI=1S/C27H33N5O4/c1-27(2,3)36-26(34)31-15-12-19(13-16-31)24-23(25(33)29-17-20-7-5-6-14-28-20)18-30-32(24)21-8-10-22(35-4)11-9-21/h5-11,14,18-19H,12-13,15-17H2,1-4H3,(H,29,33). The molecule has 2 aromatic heterocycles. The van der Waals surface area contributed by atoms with E-state index >= 15 is 0 Å². The minimum Gasteiger partial charge on any atom is -0.497 e. The Morgan fingerprint density at radius 1 is 1.08 bits per heavy atom. The van der Waals surface area contributed by atoms with E-state index in [2.05, 4.69) is 15.4 Å². The zero-order chi connectivity index (χ0) is 25.7. The molecule has 3 aromatic rings. The monoisotopic (exact) mass is 491 g/mol. The maximum absolute atomic E-state index is 13.3. The van der Waals surface area contributed by atoms with Crippen molar-refractivity contribution in [3.8, 4) is 11.4 Å². The molecule has 9 nitrogen and oxygen atoms in total. The molecular formula is C27H33N5O4. The van der Waals surface area contributed by atoms with E-state index in [0.717, 1.165) is 22.8 Å². The molecule has 0 spiro atoms. The summed E-state index contributed by atoms with van der Waals surface area (Å²) in [5.74, 6) is 0.584. The second kappa shape index (κ2) is 10.8. The SMILES string of the molecule is COc1ccc(-n2ncc(C(=O)NCc3ccccn3)c2C2CCN(C(=O)OC(C)(C)C)CC2)cc1. The summed E-state index contributed by atoms with van der Waals surface area (Å²) in [5.41, 5.74) is 2.43. The van der Waals surface area contributed by atoms with Crippen molar-refractivity contribution in [1.82, 2.24) is 25.0 Å². The fourth-order valence-electron chi connectivity index (χ4n) is 4.29. The molecule has 36 heavy (non-hydrogen) atoms. The molecule has 1 aliphatic heterocycles. The summed E-state index contributed by atoms with van der Waals surface area (Å²) in [4.78, 5) is 31.8. The van der Waals surface area contributed by atoms with Gasteiger partial charge in [0.05, 0.1) is 42.5 Å². The Morgan fingerprint density at radius 3 is 2.42 bits per heavy atom. The van der Waals surface area contributed by atoms with E-state index in [1.165, 1.54) is 0 Å². The van der Waals surface area contributed by atoms with Crippen LogP contribution in [0.15, 0.2) is 54.9 Å². The lowest BCUT2D eigenvalue weighted by Gasteiger charge is -2.34. The minimum atomic E-state index is -0.542. The van der Waals surface area contributed by atoms with Crippen molar-refractivity contribution in [3.63, 3.8) is 0 Å². The van der Waals surface area contributed by atoms with E-state index in [0.29, 0.717) is 38.0 Å². The molecule has 1 N–H and O–H groups in total. The van der Waals surface area contributed by atoms with E-state index in [1.807, 2.05) is 67.9 Å². The Morgan fingerprint density at radius 2 is 1.81 bits per heavy atom. The van der Waals surface area contributed by atoms with Crippen LogP contribution in [0.4, 0.5) is 4.79 Å². The van der Waals surface area contributed by atoms with E-state index in [9.17, 15) is 9.59 Å². The maximum Gasteiger partial charge on any atom is 0.410 e. The lowest BCUT2D eigenvalue weighted by Crippen LogP contribution is -2.41. The number of nitrogens with zero attached hydrogens (tertiary/aromatic N) is 4. The fraction of sp³-hybridized carbons (Fsp3) is 0.407. The molecule has 0 atom stereocenters. The minimum absolute atomic E-state index is 0.0453. The molecule has 0 radical (unpaired) electrons. The van der Waals surface area contributed by atoms with Gasteiger partial charge in [-0.25, -0.2) is 9.48 Å². The van der Waals surface area contributed by atoms with Crippen molar-refractivity contribution in [2.75, 3.05) is 20.2 Å². The lowest BCUT2D eigenvalue weighted by atomic mass is 9.91. The van der Waals surface area contributed by atoms with Gasteiger partial charge in [-0.15, -0.1) is 0 Å². The number of aromatic nitrogens is 3. The largest absolute Gasteiger partial charge is 0.497 e. The first kappa shape index (κ1) is 25.2. The number of hydrogen-bond donors (Lipinski definition) is 1. The average Bonchev–Trinajstić information content (AvgIpc) is 3.32. The Balaban J connectivity index is 1.57. The van der Waals surface area contributed by atoms with Crippen molar-refractivity contribution in [1.29, 1.82) is 0 Å². The van der Waals surface area contributed by atoms with Crippen LogP contribution < -0.4 is 10.1 Å². The average molecular weight is 492 g/mol. The molecule has 0 saturated carbocycles. The van der Waals surface area contributed by atoms with Crippen molar-refractivity contribution in [2.45, 2.75) is 51.7 Å². The number of pyridine rings is 1. The molecular weight excluding hydrogens is 458 g/mol. The molecule has 9 heteroatoms. The van der Waals surface area contributed by atoms with E-state index in [1.54, 1.807) is 24.4 Å². The van der Waals surface area contributed by atoms with E-state index in [4.69, 9.17) is 9.47 Å². The highest BCUT2D eigenvalue weighted by molar-refractivity contribution is 5.95. The zero-order valence-electron chi connectivity index (χ0n) is 21.2. The van der Waals surface area contributed by atoms with Crippen LogP contribution in [0.1, 0.15) is 61.3 Å². The molecule has 3 heterocycles. The van der Waals surface area contributed by atoms with Crippen LogP contribution >= 0.6 is 0 Å². The van der Waals surface area contributed by atoms with Crippen LogP contribution in [-0.2, 0) is 11.3 Å². The van der Waals surface area contributed by atoms with Crippen LogP contribution in [0.5, 0.6) is 5.75 Å². The predicted molar refractivity (Wildman–Crippen MR) is 135 cm³/mol. The van der Waals surface area contributed by atoms with Gasteiger partial charge >= 0.3 is 6.09 Å². The van der Waals surface area contributed by atoms with E-state index < -0.39 is 5.60 Å². The number of benzene rings is 1. The van der Waals surface area contributed by atoms with Crippen LogP contribution in [0.2, 0.25) is 0 Å². The number of piperidine rings is 1. The van der Waals surface area contributed by atoms with Gasteiger partial charge in [-0.2, -0.15) is 5.10 Å². The van der Waals surface area contributed by atoms with Crippen LogP contribution in [0, 0.1) is 0 Å². The highest BCUT2D eigenvalue weighted by Crippen LogP contribution is 2.33. The van der Waals surface area contributed by atoms with Crippen LogP contribution in [0.25, 0.3) is 5.69 Å². The molecule has 1 aromatic carbocycles. The molecule has 1 saturated heterocycles. The molecule has 0 unspecified atom stereocenters. The smallest absolute Gasteiger partial charge is 0.410 e. The Bertz CT molecular complexity index is 1180. The second-order valence-corrected chi connectivity index (χ2v) is 9.80. The van der Waals surface area contributed by atoms with Gasteiger partial charge < -0.3 is 19.7 Å². The highest BCUT2D eigenvalue weighted by atomic mass is 16.6. The van der Waals surface area contributed by atoms with Gasteiger partial charge in [0.25, 0.3) is 5.91 Å². The van der Waals surface area contributed by atoms with Gasteiger partial charge in [-0.3, -0.25) is 9.78 Å². The first-order valence-electron chi connectivity index (χ1n) is 12.1. The normalized spacial score (nSPS) is 14.4. The summed E-state index contributed by atoms with van der Waals surface area (Å²) >= 11 is 0.